The number of nitrogens with one attached hydrogen (secondary N) is 1. The van der Waals surface area contributed by atoms with Crippen LogP contribution < -0.4 is 5.32 Å². The van der Waals surface area contributed by atoms with Crippen LogP contribution in [0.2, 0.25) is 0 Å². The fraction of sp³-hybridized carbons (Fsp3) is 0.553. The van der Waals surface area contributed by atoms with Gasteiger partial charge in [-0.1, -0.05) is 86.7 Å². The average molecular weight is 644 g/mol. The number of rotatable bonds is 10. The largest absolute Gasteiger partial charge is 0.375 e. The maximum Gasteiger partial charge on any atom is 0.152 e. The van der Waals surface area contributed by atoms with Crippen LogP contribution in [-0.2, 0) is 32.2 Å². The van der Waals surface area contributed by atoms with E-state index in [1.807, 2.05) is 43.3 Å². The van der Waals surface area contributed by atoms with Crippen LogP contribution in [0.15, 0.2) is 77.4 Å². The predicted molar refractivity (Wildman–Crippen MR) is 185 cm³/mol. The van der Waals surface area contributed by atoms with Gasteiger partial charge in [-0.05, 0) is 51.8 Å². The minimum absolute atomic E-state index is 0.158. The molecule has 2 unspecified atom stereocenters. The Morgan fingerprint density at radius 3 is 2.13 bits per heavy atom. The van der Waals surface area contributed by atoms with Crippen molar-refractivity contribution in [2.24, 2.45) is 15.8 Å². The number of hydrogen-bond acceptors (Lipinski definition) is 7. The van der Waals surface area contributed by atoms with Crippen LogP contribution in [0, 0.1) is 22.2 Å². The molecule has 0 bridgehead atoms. The lowest BCUT2D eigenvalue weighted by atomic mass is 9.65. The van der Waals surface area contributed by atoms with Gasteiger partial charge in [-0.2, -0.15) is 5.26 Å². The van der Waals surface area contributed by atoms with E-state index in [0.717, 1.165) is 33.9 Å². The molecule has 1 N–H and O–H groups in total. The van der Waals surface area contributed by atoms with Crippen molar-refractivity contribution >= 4 is 22.9 Å². The van der Waals surface area contributed by atoms with E-state index >= 15 is 0 Å². The van der Waals surface area contributed by atoms with E-state index in [0.29, 0.717) is 32.7 Å². The van der Waals surface area contributed by atoms with Gasteiger partial charge >= 0.3 is 0 Å². The first-order valence-electron chi connectivity index (χ1n) is 16.4. The molecule has 5 rings (SSSR count). The molecule has 2 fully saturated rings. The number of benzene rings is 2. The molecular weight excluding hydrogens is 595 g/mol. The molecule has 0 aliphatic carbocycles. The zero-order valence-electron chi connectivity index (χ0n) is 28.3. The zero-order chi connectivity index (χ0) is 33.2. The third-order valence-electron chi connectivity index (χ3n) is 9.74. The van der Waals surface area contributed by atoms with E-state index in [2.05, 4.69) is 83.3 Å². The fourth-order valence-corrected chi connectivity index (χ4v) is 6.93. The second-order valence-corrected chi connectivity index (χ2v) is 15.2. The van der Waals surface area contributed by atoms with Gasteiger partial charge in [-0.25, -0.2) is 0 Å². The summed E-state index contributed by atoms with van der Waals surface area (Å²) in [4.78, 5) is 5.83. The van der Waals surface area contributed by atoms with Crippen LogP contribution in [0.25, 0.3) is 0 Å². The lowest BCUT2D eigenvalue weighted by molar-refractivity contribution is -0.230. The molecule has 246 valence electrons. The monoisotopic (exact) mass is 643 g/mol. The molecule has 0 amide bonds. The third-order valence-corrected chi connectivity index (χ3v) is 10.3. The Morgan fingerprint density at radius 1 is 0.978 bits per heavy atom. The van der Waals surface area contributed by atoms with Gasteiger partial charge in [-0.3, -0.25) is 4.99 Å². The number of ether oxygens (including phenoxy) is 4. The molecule has 3 aliphatic rings. The van der Waals surface area contributed by atoms with Gasteiger partial charge < -0.3 is 24.3 Å². The predicted octanol–water partition coefficient (Wildman–Crippen LogP) is 7.49. The zero-order valence-corrected chi connectivity index (χ0v) is 29.2. The van der Waals surface area contributed by atoms with Crippen LogP contribution in [0.1, 0.15) is 78.9 Å². The average Bonchev–Trinajstić information content (AvgIpc) is 3.45. The van der Waals surface area contributed by atoms with Gasteiger partial charge in [0.15, 0.2) is 5.54 Å². The minimum Gasteiger partial charge on any atom is -0.375 e. The normalized spacial score (nSPS) is 33.9. The summed E-state index contributed by atoms with van der Waals surface area (Å²) in [6.45, 7) is 15.9. The van der Waals surface area contributed by atoms with Crippen molar-refractivity contribution < 1.29 is 18.9 Å². The van der Waals surface area contributed by atoms with E-state index < -0.39 is 11.0 Å². The second kappa shape index (κ2) is 13.7. The summed E-state index contributed by atoms with van der Waals surface area (Å²) in [6.07, 6.45) is 3.00. The first-order chi connectivity index (χ1) is 21.7. The van der Waals surface area contributed by atoms with Gasteiger partial charge in [-0.15, -0.1) is 0 Å². The number of hydrogen-bond donors (Lipinski definition) is 1. The molecule has 0 radical (unpaired) electrons. The summed E-state index contributed by atoms with van der Waals surface area (Å²) in [5, 5.41) is 14.0. The molecule has 0 saturated carbocycles. The third kappa shape index (κ3) is 7.61. The molecule has 2 saturated heterocycles. The van der Waals surface area contributed by atoms with E-state index in [1.165, 1.54) is 0 Å². The number of nitriles is 1. The second-order valence-electron chi connectivity index (χ2n) is 14.8. The summed E-state index contributed by atoms with van der Waals surface area (Å²) in [5.74, 6) is 0. The number of aliphatic imine (C=N–C) groups is 1. The van der Waals surface area contributed by atoms with Gasteiger partial charge in [0.05, 0.1) is 60.9 Å². The summed E-state index contributed by atoms with van der Waals surface area (Å²) < 4.78 is 26.1. The van der Waals surface area contributed by atoms with Crippen molar-refractivity contribution in [1.82, 2.24) is 5.32 Å². The van der Waals surface area contributed by atoms with E-state index in [4.69, 9.17) is 36.2 Å². The molecule has 2 aromatic rings. The van der Waals surface area contributed by atoms with Gasteiger partial charge in [0, 0.05) is 41.5 Å². The summed E-state index contributed by atoms with van der Waals surface area (Å²) in [6, 6.07) is 22.9. The Bertz CT molecular complexity index is 1480. The first kappa shape index (κ1) is 34.4. The maximum atomic E-state index is 10.6. The van der Waals surface area contributed by atoms with Crippen molar-refractivity contribution in [3.8, 4) is 6.07 Å². The molecule has 3 aliphatic heterocycles. The Kier molecular flexibility index (Phi) is 10.2. The molecule has 3 heterocycles. The van der Waals surface area contributed by atoms with Crippen molar-refractivity contribution in [3.05, 3.63) is 83.6 Å². The Balaban J connectivity index is 1.37. The first-order valence-corrected chi connectivity index (χ1v) is 16.8. The van der Waals surface area contributed by atoms with Crippen molar-refractivity contribution in [1.29, 1.82) is 5.26 Å². The van der Waals surface area contributed by atoms with Crippen molar-refractivity contribution in [2.45, 2.75) is 116 Å². The van der Waals surface area contributed by atoms with Crippen LogP contribution >= 0.6 is 12.2 Å². The van der Waals surface area contributed by atoms with Crippen LogP contribution in [0.4, 0.5) is 0 Å². The smallest absolute Gasteiger partial charge is 0.152 e. The fourth-order valence-electron chi connectivity index (χ4n) is 6.66. The number of nitrogens with zero attached hydrogens (tertiary/aromatic N) is 2. The number of thiocarbonyl (C=S) groups is 1. The van der Waals surface area contributed by atoms with Crippen molar-refractivity contribution in [2.75, 3.05) is 6.61 Å². The molecule has 8 heteroatoms. The van der Waals surface area contributed by atoms with Crippen LogP contribution in [0.3, 0.4) is 0 Å². The highest BCUT2D eigenvalue weighted by molar-refractivity contribution is 7.80. The summed E-state index contributed by atoms with van der Waals surface area (Å²) >= 11 is 5.76. The maximum absolute atomic E-state index is 10.6. The highest BCUT2D eigenvalue weighted by Crippen LogP contribution is 2.51. The van der Waals surface area contributed by atoms with Crippen LogP contribution in [-0.4, -0.2) is 52.9 Å². The van der Waals surface area contributed by atoms with Crippen LogP contribution in [0.5, 0.6) is 0 Å². The molecule has 0 spiro atoms. The summed E-state index contributed by atoms with van der Waals surface area (Å²) in [7, 11) is 0. The highest BCUT2D eigenvalue weighted by atomic mass is 32.1. The molecule has 0 aromatic heterocycles. The summed E-state index contributed by atoms with van der Waals surface area (Å²) in [5.41, 5.74) is 1.84. The molecular formula is C38H49N3O4S. The van der Waals surface area contributed by atoms with Gasteiger partial charge in [0.2, 0.25) is 0 Å². The highest BCUT2D eigenvalue weighted by Gasteiger charge is 2.59. The molecule has 7 nitrogen and oxygen atoms in total. The number of allylic oxidation sites excluding steroid dienone is 2. The molecule has 7 atom stereocenters. The quantitative estimate of drug-likeness (QED) is 0.269. The topological polar surface area (TPSA) is 85.1 Å². The molecule has 2 aromatic carbocycles. The Hall–Kier alpha value is -2.93. The Morgan fingerprint density at radius 2 is 1.57 bits per heavy atom. The van der Waals surface area contributed by atoms with E-state index in [9.17, 15) is 5.26 Å². The minimum atomic E-state index is -1.02. The molecule has 46 heavy (non-hydrogen) atoms. The van der Waals surface area contributed by atoms with E-state index in [-0.39, 0.29) is 35.4 Å². The lowest BCUT2D eigenvalue weighted by Crippen LogP contribution is -2.59. The van der Waals surface area contributed by atoms with Gasteiger partial charge in [0.1, 0.15) is 0 Å². The lowest BCUT2D eigenvalue weighted by Gasteiger charge is -2.49. The standard InChI is InChI=1S/C38H49N3O4S/c1-26-31(42-22-27-14-10-8-11-15-27)19-32(43-23-28-16-12-9-13-17-28)33(45-26)37(6)21-30(41-38(37,7)24-39)18-29-20-36(5,34(46)40-29)25-44-35(2,3)4/h8-18,26,31-33H,19-23,25H2,1-7H3,(H,40,46)/b29-18+/t26-,31-,32-,33-,36?,37+,38?/m1/s1. The van der Waals surface area contributed by atoms with Gasteiger partial charge in [0.25, 0.3) is 0 Å². The SMILES string of the molecule is C[C@H]1O[C@@H]([C@]2(C)CC(/C=C3\CC(C)(COC(C)(C)C)C(=S)N3)=NC2(C)C#N)[C@H](OCc2ccccc2)C[C@H]1OCc1ccccc1. The Labute approximate surface area is 280 Å². The van der Waals surface area contributed by atoms with E-state index in [1.54, 1.807) is 0 Å². The van der Waals surface area contributed by atoms with Crippen molar-refractivity contribution in [3.63, 3.8) is 0 Å².